The van der Waals surface area contributed by atoms with Crippen molar-refractivity contribution in [3.8, 4) is 22.7 Å². The van der Waals surface area contributed by atoms with Gasteiger partial charge in [0.05, 0.1) is 18.6 Å². The Balaban J connectivity index is 1.39. The van der Waals surface area contributed by atoms with Gasteiger partial charge in [-0.25, -0.2) is 4.98 Å². The fourth-order valence-corrected chi connectivity index (χ4v) is 4.30. The molecule has 0 aliphatic carbocycles. The molecule has 2 aromatic carbocycles. The number of para-hydroxylation sites is 2. The van der Waals surface area contributed by atoms with E-state index in [0.29, 0.717) is 21.7 Å². The van der Waals surface area contributed by atoms with Crippen LogP contribution in [-0.2, 0) is 11.2 Å². The molecule has 1 N–H and O–H groups in total. The van der Waals surface area contributed by atoms with Crippen LogP contribution < -0.4 is 10.1 Å². The molecule has 31 heavy (non-hydrogen) atoms. The second-order valence-electron chi connectivity index (χ2n) is 6.47. The lowest BCUT2D eigenvalue weighted by Crippen LogP contribution is -2.14. The van der Waals surface area contributed by atoms with E-state index in [0.717, 1.165) is 17.7 Å². The summed E-state index contributed by atoms with van der Waals surface area (Å²) in [7, 11) is 1.59. The number of rotatable bonds is 8. The van der Waals surface area contributed by atoms with E-state index in [4.69, 9.17) is 4.74 Å². The van der Waals surface area contributed by atoms with Crippen LogP contribution in [0.15, 0.2) is 59.1 Å². The fourth-order valence-electron chi connectivity index (χ4n) is 2.89. The van der Waals surface area contributed by atoms with Gasteiger partial charge in [0.15, 0.2) is 5.13 Å². The molecule has 0 saturated heterocycles. The molecule has 2 aromatic heterocycles. The lowest BCUT2D eigenvalue weighted by molar-refractivity contribution is -0.113. The van der Waals surface area contributed by atoms with E-state index in [2.05, 4.69) is 44.9 Å². The summed E-state index contributed by atoms with van der Waals surface area (Å²) in [6, 6.07) is 15.7. The molecule has 0 radical (unpaired) electrons. The lowest BCUT2D eigenvalue weighted by atomic mass is 10.1. The van der Waals surface area contributed by atoms with Gasteiger partial charge in [-0.15, -0.1) is 16.4 Å². The number of nitrogens with zero attached hydrogens (tertiary/aromatic N) is 5. The van der Waals surface area contributed by atoms with Crippen molar-refractivity contribution in [3.63, 3.8) is 0 Å². The van der Waals surface area contributed by atoms with Gasteiger partial charge in [0, 0.05) is 10.9 Å². The highest BCUT2D eigenvalue weighted by atomic mass is 32.2. The van der Waals surface area contributed by atoms with Crippen LogP contribution in [0.1, 0.15) is 12.5 Å². The monoisotopic (exact) mass is 452 g/mol. The highest BCUT2D eigenvalue weighted by Crippen LogP contribution is 2.27. The largest absolute Gasteiger partial charge is 0.494 e. The summed E-state index contributed by atoms with van der Waals surface area (Å²) in [5.74, 6) is 0.612. The summed E-state index contributed by atoms with van der Waals surface area (Å²) in [6.07, 6.45) is 0.997. The van der Waals surface area contributed by atoms with Crippen molar-refractivity contribution in [2.75, 3.05) is 18.2 Å². The molecule has 1 amide bonds. The first-order valence-corrected chi connectivity index (χ1v) is 11.4. The molecule has 0 unspecified atom stereocenters. The molecule has 0 aliphatic rings. The number of hydrogen-bond acceptors (Lipinski definition) is 8. The van der Waals surface area contributed by atoms with Crippen molar-refractivity contribution in [2.24, 2.45) is 0 Å². The summed E-state index contributed by atoms with van der Waals surface area (Å²) in [5, 5.41) is 17.6. The fraction of sp³-hybridized carbons (Fsp3) is 0.190. The molecule has 2 heterocycles. The normalized spacial score (nSPS) is 10.8. The molecule has 10 heteroatoms. The Hall–Kier alpha value is -3.24. The molecule has 0 fully saturated rings. The van der Waals surface area contributed by atoms with Crippen LogP contribution in [0.25, 0.3) is 16.9 Å². The minimum Gasteiger partial charge on any atom is -0.494 e. The number of thiazole rings is 1. The van der Waals surface area contributed by atoms with Crippen LogP contribution >= 0.6 is 23.1 Å². The van der Waals surface area contributed by atoms with E-state index in [1.807, 2.05) is 41.8 Å². The predicted octanol–water partition coefficient (Wildman–Crippen LogP) is 4.09. The van der Waals surface area contributed by atoms with Crippen LogP contribution in [0.3, 0.4) is 0 Å². The number of carbonyl (C=O) groups is 1. The van der Waals surface area contributed by atoms with E-state index < -0.39 is 0 Å². The van der Waals surface area contributed by atoms with Gasteiger partial charge >= 0.3 is 0 Å². The number of thioether (sulfide) groups is 1. The Labute approximate surface area is 187 Å². The van der Waals surface area contributed by atoms with Gasteiger partial charge in [-0.1, -0.05) is 55.1 Å². The second-order valence-corrected chi connectivity index (χ2v) is 8.27. The number of nitrogens with one attached hydrogen (secondary N) is 1. The molecule has 4 rings (SSSR count). The van der Waals surface area contributed by atoms with E-state index in [9.17, 15) is 4.79 Å². The lowest BCUT2D eigenvalue weighted by Gasteiger charge is -2.08. The summed E-state index contributed by atoms with van der Waals surface area (Å²) in [6.45, 7) is 2.12. The van der Waals surface area contributed by atoms with Crippen molar-refractivity contribution >= 4 is 34.1 Å². The van der Waals surface area contributed by atoms with Crippen molar-refractivity contribution in [1.82, 2.24) is 25.2 Å². The zero-order valence-corrected chi connectivity index (χ0v) is 18.6. The summed E-state index contributed by atoms with van der Waals surface area (Å²) in [4.78, 5) is 17.0. The molecule has 158 valence electrons. The zero-order chi connectivity index (χ0) is 21.6. The smallest absolute Gasteiger partial charge is 0.236 e. The van der Waals surface area contributed by atoms with Crippen LogP contribution in [0, 0.1) is 0 Å². The van der Waals surface area contributed by atoms with Crippen LogP contribution in [0.5, 0.6) is 5.75 Å². The first kappa shape index (κ1) is 21.0. The highest BCUT2D eigenvalue weighted by molar-refractivity contribution is 7.99. The molecule has 4 aromatic rings. The SMILES string of the molecule is CCc1ccc(-c2csc(NC(=O)CSc3nnnn3-c3ccccc3OC)n2)cc1. The van der Waals surface area contributed by atoms with E-state index in [-0.39, 0.29) is 11.7 Å². The molecule has 0 saturated carbocycles. The maximum absolute atomic E-state index is 12.4. The molecular formula is C21H20N6O2S2. The van der Waals surface area contributed by atoms with Crippen molar-refractivity contribution in [2.45, 2.75) is 18.5 Å². The average molecular weight is 453 g/mol. The first-order chi connectivity index (χ1) is 15.2. The minimum atomic E-state index is -0.179. The third-order valence-electron chi connectivity index (χ3n) is 4.50. The number of anilines is 1. The van der Waals surface area contributed by atoms with Gasteiger partial charge in [-0.05, 0) is 34.5 Å². The standard InChI is InChI=1S/C21H20N6O2S2/c1-3-14-8-10-15(11-9-14)16-12-30-20(22-16)23-19(28)13-31-21-24-25-26-27(21)17-6-4-5-7-18(17)29-2/h4-12H,3,13H2,1-2H3,(H,22,23,28). The number of tetrazole rings is 1. The Morgan fingerprint density at radius 3 is 2.77 bits per heavy atom. The third kappa shape index (κ3) is 4.92. The average Bonchev–Trinajstić information content (AvgIpc) is 3.47. The maximum atomic E-state index is 12.4. The number of ether oxygens (including phenoxy) is 1. The molecule has 0 bridgehead atoms. The Kier molecular flexibility index (Phi) is 6.58. The minimum absolute atomic E-state index is 0.148. The maximum Gasteiger partial charge on any atom is 0.236 e. The number of benzene rings is 2. The van der Waals surface area contributed by atoms with Crippen LogP contribution in [0.4, 0.5) is 5.13 Å². The van der Waals surface area contributed by atoms with Crippen molar-refractivity contribution < 1.29 is 9.53 Å². The predicted molar refractivity (Wildman–Crippen MR) is 122 cm³/mol. The molecule has 0 atom stereocenters. The Bertz CT molecular complexity index is 1170. The van der Waals surface area contributed by atoms with Crippen molar-refractivity contribution in [1.29, 1.82) is 0 Å². The third-order valence-corrected chi connectivity index (χ3v) is 6.17. The van der Waals surface area contributed by atoms with Gasteiger partial charge in [-0.3, -0.25) is 4.79 Å². The van der Waals surface area contributed by atoms with Gasteiger partial charge in [0.25, 0.3) is 0 Å². The molecule has 0 spiro atoms. The van der Waals surface area contributed by atoms with E-state index >= 15 is 0 Å². The van der Waals surface area contributed by atoms with Gasteiger partial charge in [0.1, 0.15) is 11.4 Å². The summed E-state index contributed by atoms with van der Waals surface area (Å²) >= 11 is 2.64. The van der Waals surface area contributed by atoms with Gasteiger partial charge < -0.3 is 10.1 Å². The quantitative estimate of drug-likeness (QED) is 0.402. The number of aromatic nitrogens is 5. The zero-order valence-electron chi connectivity index (χ0n) is 17.0. The summed E-state index contributed by atoms with van der Waals surface area (Å²) < 4.78 is 6.92. The van der Waals surface area contributed by atoms with Gasteiger partial charge in [-0.2, -0.15) is 4.68 Å². The van der Waals surface area contributed by atoms with Crippen LogP contribution in [-0.4, -0.2) is 44.0 Å². The van der Waals surface area contributed by atoms with E-state index in [1.165, 1.54) is 28.7 Å². The van der Waals surface area contributed by atoms with E-state index in [1.54, 1.807) is 11.8 Å². The Morgan fingerprint density at radius 2 is 2.00 bits per heavy atom. The first-order valence-electron chi connectivity index (χ1n) is 9.57. The van der Waals surface area contributed by atoms with Gasteiger partial charge in [0.2, 0.25) is 11.1 Å². The second kappa shape index (κ2) is 9.71. The number of aryl methyl sites for hydroxylation is 1. The molecular weight excluding hydrogens is 432 g/mol. The topological polar surface area (TPSA) is 94.8 Å². The molecule has 0 aliphatic heterocycles. The number of methoxy groups -OCH3 is 1. The Morgan fingerprint density at radius 1 is 1.19 bits per heavy atom. The highest BCUT2D eigenvalue weighted by Gasteiger charge is 2.15. The summed E-state index contributed by atoms with van der Waals surface area (Å²) in [5.41, 5.74) is 3.85. The number of hydrogen-bond donors (Lipinski definition) is 1. The number of amides is 1. The molecule has 8 nitrogen and oxygen atoms in total. The van der Waals surface area contributed by atoms with Crippen molar-refractivity contribution in [3.05, 3.63) is 59.5 Å². The van der Waals surface area contributed by atoms with Crippen LogP contribution in [0.2, 0.25) is 0 Å². The number of carbonyl (C=O) groups excluding carboxylic acids is 1.